The summed E-state index contributed by atoms with van der Waals surface area (Å²) in [7, 11) is 0. The van der Waals surface area contributed by atoms with E-state index in [2.05, 4.69) is 15.9 Å². The molecule has 1 atom stereocenters. The molecule has 0 saturated carbocycles. The van der Waals surface area contributed by atoms with Crippen LogP contribution in [0, 0.1) is 13.8 Å². The summed E-state index contributed by atoms with van der Waals surface area (Å²) in [5.74, 6) is -0.139. The second-order valence-corrected chi connectivity index (χ2v) is 7.38. The molecule has 1 heterocycles. The molecule has 2 amide bonds. The first-order valence-electron chi connectivity index (χ1n) is 8.33. The molecule has 5 heteroatoms. The molecule has 1 fully saturated rings. The number of carbonyl (C=O) groups excluding carboxylic acids is 2. The maximum Gasteiger partial charge on any atom is 0.254 e. The third-order valence-corrected chi connectivity index (χ3v) is 5.19. The maximum absolute atomic E-state index is 12.9. The molecular weight excluding hydrogens is 380 g/mol. The fourth-order valence-electron chi connectivity index (χ4n) is 3.16. The smallest absolute Gasteiger partial charge is 0.254 e. The summed E-state index contributed by atoms with van der Waals surface area (Å²) in [5.41, 5.74) is 3.73. The van der Waals surface area contributed by atoms with Crippen molar-refractivity contribution in [2.75, 3.05) is 18.0 Å². The molecule has 0 spiro atoms. The Morgan fingerprint density at radius 2 is 1.76 bits per heavy atom. The van der Waals surface area contributed by atoms with E-state index in [9.17, 15) is 9.59 Å². The largest absolute Gasteiger partial charge is 0.325 e. The summed E-state index contributed by atoms with van der Waals surface area (Å²) in [5, 5.41) is 0. The van der Waals surface area contributed by atoms with Crippen molar-refractivity contribution < 1.29 is 9.59 Å². The van der Waals surface area contributed by atoms with Gasteiger partial charge in [-0.15, -0.1) is 0 Å². The Balaban J connectivity index is 1.83. The number of halogens is 1. The monoisotopic (exact) mass is 400 g/mol. The number of hydrogen-bond donors (Lipinski definition) is 0. The van der Waals surface area contributed by atoms with Gasteiger partial charge in [0.05, 0.1) is 0 Å². The van der Waals surface area contributed by atoms with Crippen molar-refractivity contribution in [2.24, 2.45) is 0 Å². The first-order valence-corrected chi connectivity index (χ1v) is 9.13. The van der Waals surface area contributed by atoms with Gasteiger partial charge in [-0.2, -0.15) is 0 Å². The van der Waals surface area contributed by atoms with Crippen LogP contribution in [0.15, 0.2) is 46.9 Å². The van der Waals surface area contributed by atoms with Crippen LogP contribution in [0.1, 0.15) is 28.4 Å². The topological polar surface area (TPSA) is 40.6 Å². The molecule has 2 aromatic rings. The van der Waals surface area contributed by atoms with Gasteiger partial charge < -0.3 is 9.80 Å². The Kier molecular flexibility index (Phi) is 4.95. The number of hydrogen-bond acceptors (Lipinski definition) is 2. The fraction of sp³-hybridized carbons (Fsp3) is 0.300. The summed E-state index contributed by atoms with van der Waals surface area (Å²) in [6, 6.07) is 12.9. The predicted molar refractivity (Wildman–Crippen MR) is 103 cm³/mol. The second kappa shape index (κ2) is 7.00. The van der Waals surface area contributed by atoms with E-state index >= 15 is 0 Å². The molecule has 2 aromatic carbocycles. The van der Waals surface area contributed by atoms with Gasteiger partial charge in [0.15, 0.2) is 0 Å². The van der Waals surface area contributed by atoms with Crippen molar-refractivity contribution in [2.45, 2.75) is 26.8 Å². The van der Waals surface area contributed by atoms with Gasteiger partial charge in [0.2, 0.25) is 5.91 Å². The molecule has 1 aliphatic heterocycles. The zero-order valence-electron chi connectivity index (χ0n) is 14.6. The summed E-state index contributed by atoms with van der Waals surface area (Å²) in [6.45, 7) is 6.86. The molecule has 0 unspecified atom stereocenters. The van der Waals surface area contributed by atoms with Crippen molar-refractivity contribution in [3.8, 4) is 0 Å². The molecule has 25 heavy (non-hydrogen) atoms. The van der Waals surface area contributed by atoms with Crippen LogP contribution >= 0.6 is 15.9 Å². The Morgan fingerprint density at radius 1 is 1.08 bits per heavy atom. The summed E-state index contributed by atoms with van der Waals surface area (Å²) in [6.07, 6.45) is 0. The van der Waals surface area contributed by atoms with E-state index in [-0.39, 0.29) is 11.8 Å². The summed E-state index contributed by atoms with van der Waals surface area (Å²) in [4.78, 5) is 29.1. The molecule has 0 bridgehead atoms. The number of piperazine rings is 1. The van der Waals surface area contributed by atoms with E-state index in [1.807, 2.05) is 44.2 Å². The summed E-state index contributed by atoms with van der Waals surface area (Å²) >= 11 is 3.37. The quantitative estimate of drug-likeness (QED) is 0.765. The van der Waals surface area contributed by atoms with Crippen LogP contribution in [0.5, 0.6) is 0 Å². The van der Waals surface area contributed by atoms with Crippen molar-refractivity contribution >= 4 is 33.4 Å². The average molecular weight is 401 g/mol. The highest BCUT2D eigenvalue weighted by Gasteiger charge is 2.35. The lowest BCUT2D eigenvalue weighted by atomic mass is 10.1. The van der Waals surface area contributed by atoms with Crippen LogP contribution in [0.25, 0.3) is 0 Å². The Morgan fingerprint density at radius 3 is 2.44 bits per heavy atom. The molecule has 1 aliphatic rings. The van der Waals surface area contributed by atoms with Crippen LogP contribution in [0.2, 0.25) is 0 Å². The minimum absolute atomic E-state index is 0.0367. The van der Waals surface area contributed by atoms with Crippen molar-refractivity contribution in [1.29, 1.82) is 0 Å². The second-order valence-electron chi connectivity index (χ2n) is 6.46. The highest BCUT2D eigenvalue weighted by molar-refractivity contribution is 9.10. The molecule has 0 radical (unpaired) electrons. The first kappa shape index (κ1) is 17.7. The molecule has 130 valence electrons. The standard InChI is InChI=1S/C20H21BrN2O2/c1-13-4-5-14(2)18(12-13)23-11-10-22(15(3)19(23)24)20(25)16-6-8-17(21)9-7-16/h4-9,12,15H,10-11H2,1-3H3/t15-/m1/s1. The fourth-order valence-corrected chi connectivity index (χ4v) is 3.42. The Bertz CT molecular complexity index is 817. The number of carbonyl (C=O) groups is 2. The van der Waals surface area contributed by atoms with E-state index < -0.39 is 6.04 Å². The molecule has 0 N–H and O–H groups in total. The van der Waals surface area contributed by atoms with Crippen molar-refractivity contribution in [3.63, 3.8) is 0 Å². The Labute approximate surface area is 156 Å². The van der Waals surface area contributed by atoms with Crippen LogP contribution in [0.4, 0.5) is 5.69 Å². The van der Waals surface area contributed by atoms with Gasteiger partial charge in [0, 0.05) is 28.8 Å². The van der Waals surface area contributed by atoms with Gasteiger partial charge in [0.25, 0.3) is 5.91 Å². The predicted octanol–water partition coefficient (Wildman–Crippen LogP) is 3.94. The average Bonchev–Trinajstić information content (AvgIpc) is 2.60. The molecule has 0 aromatic heterocycles. The lowest BCUT2D eigenvalue weighted by molar-refractivity contribution is -0.124. The third-order valence-electron chi connectivity index (χ3n) is 4.66. The number of rotatable bonds is 2. The molecule has 3 rings (SSSR count). The van der Waals surface area contributed by atoms with Gasteiger partial charge in [-0.3, -0.25) is 9.59 Å². The molecular formula is C20H21BrN2O2. The number of nitrogens with zero attached hydrogens (tertiary/aromatic N) is 2. The maximum atomic E-state index is 12.9. The number of aryl methyl sites for hydroxylation is 2. The van der Waals surface area contributed by atoms with Gasteiger partial charge in [0.1, 0.15) is 6.04 Å². The van der Waals surface area contributed by atoms with Crippen LogP contribution < -0.4 is 4.90 Å². The van der Waals surface area contributed by atoms with Gasteiger partial charge in [-0.25, -0.2) is 0 Å². The minimum Gasteiger partial charge on any atom is -0.325 e. The van der Waals surface area contributed by atoms with Crippen LogP contribution in [0.3, 0.4) is 0 Å². The van der Waals surface area contributed by atoms with E-state index in [4.69, 9.17) is 0 Å². The van der Waals surface area contributed by atoms with Crippen molar-refractivity contribution in [1.82, 2.24) is 4.90 Å². The highest BCUT2D eigenvalue weighted by atomic mass is 79.9. The van der Waals surface area contributed by atoms with Crippen LogP contribution in [-0.4, -0.2) is 35.8 Å². The van der Waals surface area contributed by atoms with Gasteiger partial charge in [-0.1, -0.05) is 28.1 Å². The lowest BCUT2D eigenvalue weighted by Crippen LogP contribution is -2.58. The van der Waals surface area contributed by atoms with E-state index in [0.717, 1.165) is 21.3 Å². The lowest BCUT2D eigenvalue weighted by Gasteiger charge is -2.39. The normalized spacial score (nSPS) is 17.8. The van der Waals surface area contributed by atoms with Crippen LogP contribution in [-0.2, 0) is 4.79 Å². The first-order chi connectivity index (χ1) is 11.9. The molecule has 0 aliphatic carbocycles. The zero-order valence-corrected chi connectivity index (χ0v) is 16.2. The molecule has 4 nitrogen and oxygen atoms in total. The van der Waals surface area contributed by atoms with Gasteiger partial charge >= 0.3 is 0 Å². The van der Waals surface area contributed by atoms with E-state index in [1.54, 1.807) is 28.9 Å². The zero-order chi connectivity index (χ0) is 18.1. The van der Waals surface area contributed by atoms with Crippen molar-refractivity contribution in [3.05, 3.63) is 63.6 Å². The number of anilines is 1. The minimum atomic E-state index is -0.482. The SMILES string of the molecule is Cc1ccc(C)c(N2CCN(C(=O)c3ccc(Br)cc3)[C@H](C)C2=O)c1. The van der Waals surface area contributed by atoms with E-state index in [1.165, 1.54) is 0 Å². The van der Waals surface area contributed by atoms with E-state index in [0.29, 0.717) is 18.7 Å². The summed E-state index contributed by atoms with van der Waals surface area (Å²) < 4.78 is 0.924. The number of amides is 2. The Hall–Kier alpha value is -2.14. The van der Waals surface area contributed by atoms with Gasteiger partial charge in [-0.05, 0) is 62.2 Å². The molecule has 1 saturated heterocycles. The number of benzene rings is 2. The highest BCUT2D eigenvalue weighted by Crippen LogP contribution is 2.26. The third kappa shape index (κ3) is 3.47.